The quantitative estimate of drug-likeness (QED) is 0.589. The van der Waals surface area contributed by atoms with Gasteiger partial charge in [0, 0.05) is 25.9 Å². The molecule has 0 radical (unpaired) electrons. The Bertz CT molecular complexity index is 205. The van der Waals surface area contributed by atoms with E-state index in [4.69, 9.17) is 0 Å². The van der Waals surface area contributed by atoms with Crippen molar-refractivity contribution in [3.63, 3.8) is 0 Å². The van der Waals surface area contributed by atoms with E-state index in [2.05, 4.69) is 10.6 Å². The largest absolute Gasteiger partial charge is 0.356 e. The summed E-state index contributed by atoms with van der Waals surface area (Å²) in [6.07, 6.45) is 5.07. The molecular weight excluding hydrogens is 204 g/mol. The van der Waals surface area contributed by atoms with Crippen LogP contribution in [0.5, 0.6) is 0 Å². The first kappa shape index (κ1) is 14.9. The lowest BCUT2D eigenvalue weighted by Crippen LogP contribution is -2.25. The molecule has 0 aliphatic heterocycles. The maximum atomic E-state index is 11.1. The number of nitrogens with one attached hydrogen (secondary N) is 2. The van der Waals surface area contributed by atoms with Crippen LogP contribution < -0.4 is 10.6 Å². The van der Waals surface area contributed by atoms with E-state index in [1.165, 1.54) is 0 Å². The van der Waals surface area contributed by atoms with Crippen molar-refractivity contribution in [3.8, 4) is 0 Å². The van der Waals surface area contributed by atoms with Crippen LogP contribution in [-0.2, 0) is 9.59 Å². The third-order valence-electron chi connectivity index (χ3n) is 2.30. The molecule has 94 valence electrons. The van der Waals surface area contributed by atoms with Crippen molar-refractivity contribution in [1.82, 2.24) is 10.6 Å². The van der Waals surface area contributed by atoms with E-state index in [0.29, 0.717) is 12.8 Å². The summed E-state index contributed by atoms with van der Waals surface area (Å²) in [7, 11) is 0. The van der Waals surface area contributed by atoms with E-state index < -0.39 is 0 Å². The van der Waals surface area contributed by atoms with Gasteiger partial charge in [-0.05, 0) is 25.7 Å². The molecule has 0 saturated heterocycles. The Hall–Kier alpha value is -1.06. The first-order valence-corrected chi connectivity index (χ1v) is 6.24. The molecule has 16 heavy (non-hydrogen) atoms. The third-order valence-corrected chi connectivity index (χ3v) is 2.30. The number of carbonyl (C=O) groups excluding carboxylic acids is 2. The molecule has 4 nitrogen and oxygen atoms in total. The molecular formula is C12H24N2O2. The van der Waals surface area contributed by atoms with Gasteiger partial charge in [-0.25, -0.2) is 0 Å². The van der Waals surface area contributed by atoms with Gasteiger partial charge in [0.1, 0.15) is 0 Å². The molecule has 0 aromatic carbocycles. The summed E-state index contributed by atoms with van der Waals surface area (Å²) in [6, 6.07) is 0. The lowest BCUT2D eigenvalue weighted by Gasteiger charge is -2.05. The molecule has 0 atom stereocenters. The summed E-state index contributed by atoms with van der Waals surface area (Å²) < 4.78 is 0. The fourth-order valence-corrected chi connectivity index (χ4v) is 1.32. The maximum Gasteiger partial charge on any atom is 0.219 e. The minimum Gasteiger partial charge on any atom is -0.356 e. The number of hydrogen-bond donors (Lipinski definition) is 2. The fraction of sp³-hybridized carbons (Fsp3) is 0.833. The molecule has 0 heterocycles. The Kier molecular flexibility index (Phi) is 9.76. The third kappa shape index (κ3) is 9.49. The van der Waals surface area contributed by atoms with Gasteiger partial charge in [-0.3, -0.25) is 9.59 Å². The molecule has 2 amide bonds. The van der Waals surface area contributed by atoms with Crippen LogP contribution >= 0.6 is 0 Å². The Morgan fingerprint density at radius 2 is 1.44 bits per heavy atom. The molecule has 0 aromatic heterocycles. The highest BCUT2D eigenvalue weighted by atomic mass is 16.2. The zero-order valence-corrected chi connectivity index (χ0v) is 10.5. The standard InChI is InChI=1S/C12H24N2O2/c1-3-8-12(16)14-10-7-5-6-9-13-11(15)4-2/h3-10H2,1-2H3,(H,13,15)(H,14,16). The lowest BCUT2D eigenvalue weighted by atomic mass is 10.2. The number of carbonyl (C=O) groups is 2. The van der Waals surface area contributed by atoms with E-state index in [1.54, 1.807) is 0 Å². The van der Waals surface area contributed by atoms with Crippen molar-refractivity contribution >= 4 is 11.8 Å². The predicted molar refractivity (Wildman–Crippen MR) is 65.1 cm³/mol. The smallest absolute Gasteiger partial charge is 0.219 e. The highest BCUT2D eigenvalue weighted by Crippen LogP contribution is 1.93. The van der Waals surface area contributed by atoms with E-state index in [1.807, 2.05) is 13.8 Å². The van der Waals surface area contributed by atoms with Gasteiger partial charge >= 0.3 is 0 Å². The van der Waals surface area contributed by atoms with E-state index in [0.717, 1.165) is 38.8 Å². The molecule has 0 bridgehead atoms. The van der Waals surface area contributed by atoms with Crippen LogP contribution in [0.1, 0.15) is 52.4 Å². The lowest BCUT2D eigenvalue weighted by molar-refractivity contribution is -0.121. The Labute approximate surface area is 98.2 Å². The van der Waals surface area contributed by atoms with Crippen molar-refractivity contribution in [3.05, 3.63) is 0 Å². The van der Waals surface area contributed by atoms with Crippen LogP contribution in [0.3, 0.4) is 0 Å². The van der Waals surface area contributed by atoms with Crippen LogP contribution in [0.4, 0.5) is 0 Å². The number of hydrogen-bond acceptors (Lipinski definition) is 2. The van der Waals surface area contributed by atoms with Gasteiger partial charge in [0.05, 0.1) is 0 Å². The summed E-state index contributed by atoms with van der Waals surface area (Å²) in [5.41, 5.74) is 0. The second kappa shape index (κ2) is 10.5. The van der Waals surface area contributed by atoms with E-state index >= 15 is 0 Å². The van der Waals surface area contributed by atoms with Gasteiger partial charge in [0.25, 0.3) is 0 Å². The van der Waals surface area contributed by atoms with Crippen LogP contribution in [0, 0.1) is 0 Å². The average Bonchev–Trinajstić information content (AvgIpc) is 2.27. The van der Waals surface area contributed by atoms with Crippen molar-refractivity contribution in [1.29, 1.82) is 0 Å². The highest BCUT2D eigenvalue weighted by Gasteiger charge is 1.98. The minimum absolute atomic E-state index is 0.108. The van der Waals surface area contributed by atoms with Gasteiger partial charge in [0.2, 0.25) is 11.8 Å². The Morgan fingerprint density at radius 3 is 1.94 bits per heavy atom. The highest BCUT2D eigenvalue weighted by molar-refractivity contribution is 5.75. The molecule has 0 aromatic rings. The minimum atomic E-state index is 0.108. The maximum absolute atomic E-state index is 11.1. The monoisotopic (exact) mass is 228 g/mol. The fourth-order valence-electron chi connectivity index (χ4n) is 1.32. The van der Waals surface area contributed by atoms with E-state index in [-0.39, 0.29) is 11.8 Å². The predicted octanol–water partition coefficient (Wildman–Crippen LogP) is 1.60. The zero-order valence-electron chi connectivity index (χ0n) is 10.5. The van der Waals surface area contributed by atoms with Gasteiger partial charge in [-0.1, -0.05) is 13.8 Å². The summed E-state index contributed by atoms with van der Waals surface area (Å²) in [5, 5.41) is 5.69. The van der Waals surface area contributed by atoms with E-state index in [9.17, 15) is 9.59 Å². The second-order valence-corrected chi connectivity index (χ2v) is 3.86. The summed E-state index contributed by atoms with van der Waals surface area (Å²) >= 11 is 0. The van der Waals surface area contributed by atoms with Gasteiger partial charge in [0.15, 0.2) is 0 Å². The molecule has 0 spiro atoms. The SMILES string of the molecule is CCCC(=O)NCCCCCNC(=O)CC. The number of unbranched alkanes of at least 4 members (excludes halogenated alkanes) is 2. The number of amides is 2. The van der Waals surface area contributed by atoms with Crippen molar-refractivity contribution in [2.24, 2.45) is 0 Å². The van der Waals surface area contributed by atoms with Crippen LogP contribution in [0.15, 0.2) is 0 Å². The van der Waals surface area contributed by atoms with Gasteiger partial charge in [-0.15, -0.1) is 0 Å². The Morgan fingerprint density at radius 1 is 0.875 bits per heavy atom. The van der Waals surface area contributed by atoms with Crippen molar-refractivity contribution in [2.75, 3.05) is 13.1 Å². The van der Waals surface area contributed by atoms with Gasteiger partial charge < -0.3 is 10.6 Å². The Balaban J connectivity index is 3.15. The molecule has 0 aliphatic carbocycles. The first-order valence-electron chi connectivity index (χ1n) is 6.24. The molecule has 0 fully saturated rings. The zero-order chi connectivity index (χ0) is 12.2. The molecule has 0 rings (SSSR count). The summed E-state index contributed by atoms with van der Waals surface area (Å²) in [5.74, 6) is 0.248. The van der Waals surface area contributed by atoms with Crippen LogP contribution in [-0.4, -0.2) is 24.9 Å². The van der Waals surface area contributed by atoms with Crippen LogP contribution in [0.2, 0.25) is 0 Å². The van der Waals surface area contributed by atoms with Crippen molar-refractivity contribution in [2.45, 2.75) is 52.4 Å². The molecule has 0 unspecified atom stereocenters. The van der Waals surface area contributed by atoms with Crippen LogP contribution in [0.25, 0.3) is 0 Å². The summed E-state index contributed by atoms with van der Waals surface area (Å²) in [6.45, 7) is 5.34. The average molecular weight is 228 g/mol. The summed E-state index contributed by atoms with van der Waals surface area (Å²) in [4.78, 5) is 22.0. The normalized spacial score (nSPS) is 9.88. The topological polar surface area (TPSA) is 58.2 Å². The molecule has 0 aliphatic rings. The van der Waals surface area contributed by atoms with Crippen molar-refractivity contribution < 1.29 is 9.59 Å². The molecule has 2 N–H and O–H groups in total. The molecule has 0 saturated carbocycles. The first-order chi connectivity index (χ1) is 7.70. The number of rotatable bonds is 9. The second-order valence-electron chi connectivity index (χ2n) is 3.86. The molecule has 4 heteroatoms. The van der Waals surface area contributed by atoms with Gasteiger partial charge in [-0.2, -0.15) is 0 Å².